The Labute approximate surface area is 131 Å². The predicted octanol–water partition coefficient (Wildman–Crippen LogP) is 4.28. The topological polar surface area (TPSA) is 46.5 Å². The van der Waals surface area contributed by atoms with Gasteiger partial charge in [-0.25, -0.2) is 0 Å². The van der Waals surface area contributed by atoms with Gasteiger partial charge in [-0.3, -0.25) is 4.79 Å². The molecular formula is C19H22O3. The van der Waals surface area contributed by atoms with Gasteiger partial charge in [0, 0.05) is 0 Å². The number of benzene rings is 2. The summed E-state index contributed by atoms with van der Waals surface area (Å²) in [4.78, 5) is 11.6. The number of aliphatic carboxylic acids is 1. The maximum atomic E-state index is 11.6. The normalized spacial score (nSPS) is 11.9. The van der Waals surface area contributed by atoms with Crippen LogP contribution in [0.1, 0.15) is 36.8 Å². The molecule has 3 heteroatoms. The van der Waals surface area contributed by atoms with Crippen molar-refractivity contribution in [1.29, 1.82) is 0 Å². The summed E-state index contributed by atoms with van der Waals surface area (Å²) in [5.41, 5.74) is 1.76. The second kappa shape index (κ2) is 8.23. The van der Waals surface area contributed by atoms with Gasteiger partial charge in [0.1, 0.15) is 5.75 Å². The van der Waals surface area contributed by atoms with Crippen molar-refractivity contribution in [3.8, 4) is 5.75 Å². The molecule has 0 amide bonds. The molecule has 0 aliphatic heterocycles. The van der Waals surface area contributed by atoms with E-state index >= 15 is 0 Å². The molecule has 1 atom stereocenters. The Kier molecular flexibility index (Phi) is 6.01. The van der Waals surface area contributed by atoms with Gasteiger partial charge in [0.15, 0.2) is 0 Å². The maximum Gasteiger partial charge on any atom is 0.311 e. The van der Waals surface area contributed by atoms with E-state index in [0.29, 0.717) is 13.0 Å². The van der Waals surface area contributed by atoms with Crippen LogP contribution < -0.4 is 4.74 Å². The van der Waals surface area contributed by atoms with E-state index in [1.54, 1.807) is 0 Å². The number of hydrogen-bond donors (Lipinski definition) is 1. The first-order chi connectivity index (χ1) is 10.7. The van der Waals surface area contributed by atoms with E-state index in [-0.39, 0.29) is 0 Å². The zero-order chi connectivity index (χ0) is 15.8. The van der Waals surface area contributed by atoms with Crippen LogP contribution in [0.15, 0.2) is 54.6 Å². The summed E-state index contributed by atoms with van der Waals surface area (Å²) < 4.78 is 5.80. The van der Waals surface area contributed by atoms with Crippen LogP contribution in [0.4, 0.5) is 0 Å². The zero-order valence-electron chi connectivity index (χ0n) is 12.9. The van der Waals surface area contributed by atoms with Gasteiger partial charge in [0.2, 0.25) is 0 Å². The minimum atomic E-state index is -0.811. The Bertz CT molecular complexity index is 593. The smallest absolute Gasteiger partial charge is 0.311 e. The standard InChI is InChI=1S/C19H22O3/c1-2-3-13-22-18-12-8-7-11-16(18)14-17(19(20)21)15-9-5-4-6-10-15/h4-12,17H,2-3,13-14H2,1H3,(H,20,21)/t17-/m1/s1. The van der Waals surface area contributed by atoms with Crippen LogP contribution in [0, 0.1) is 0 Å². The maximum absolute atomic E-state index is 11.6. The summed E-state index contributed by atoms with van der Waals surface area (Å²) in [6, 6.07) is 17.1. The summed E-state index contributed by atoms with van der Waals surface area (Å²) in [5.74, 6) is -0.579. The molecule has 0 saturated heterocycles. The molecule has 0 aromatic heterocycles. The number of carboxylic acid groups (broad SMARTS) is 1. The van der Waals surface area contributed by atoms with E-state index in [4.69, 9.17) is 4.74 Å². The van der Waals surface area contributed by atoms with Gasteiger partial charge in [-0.15, -0.1) is 0 Å². The van der Waals surface area contributed by atoms with E-state index in [9.17, 15) is 9.90 Å². The van der Waals surface area contributed by atoms with Crippen LogP contribution in [-0.2, 0) is 11.2 Å². The molecule has 1 N–H and O–H groups in total. The van der Waals surface area contributed by atoms with E-state index in [2.05, 4.69) is 6.92 Å². The van der Waals surface area contributed by atoms with Crippen molar-refractivity contribution in [2.24, 2.45) is 0 Å². The summed E-state index contributed by atoms with van der Waals surface area (Å²) >= 11 is 0. The Morgan fingerprint density at radius 3 is 2.45 bits per heavy atom. The number of carbonyl (C=O) groups is 1. The quantitative estimate of drug-likeness (QED) is 0.740. The van der Waals surface area contributed by atoms with Crippen LogP contribution in [0.25, 0.3) is 0 Å². The lowest BCUT2D eigenvalue weighted by molar-refractivity contribution is -0.138. The van der Waals surface area contributed by atoms with Crippen molar-refractivity contribution >= 4 is 5.97 Å². The molecule has 3 nitrogen and oxygen atoms in total. The lowest BCUT2D eigenvalue weighted by Crippen LogP contribution is -2.15. The van der Waals surface area contributed by atoms with E-state index in [1.807, 2.05) is 54.6 Å². The van der Waals surface area contributed by atoms with Gasteiger partial charge < -0.3 is 9.84 Å². The highest BCUT2D eigenvalue weighted by Crippen LogP contribution is 2.27. The molecule has 0 saturated carbocycles. The first-order valence-electron chi connectivity index (χ1n) is 7.70. The van der Waals surface area contributed by atoms with Gasteiger partial charge >= 0.3 is 5.97 Å². The summed E-state index contributed by atoms with van der Waals surface area (Å²) in [7, 11) is 0. The fourth-order valence-electron chi connectivity index (χ4n) is 2.39. The minimum absolute atomic E-state index is 0.432. The molecule has 0 radical (unpaired) electrons. The average Bonchev–Trinajstić information content (AvgIpc) is 2.54. The monoisotopic (exact) mass is 298 g/mol. The van der Waals surface area contributed by atoms with Crippen LogP contribution in [0.5, 0.6) is 5.75 Å². The Hall–Kier alpha value is -2.29. The van der Waals surface area contributed by atoms with Crippen LogP contribution in [-0.4, -0.2) is 17.7 Å². The molecule has 2 aromatic carbocycles. The molecule has 0 aliphatic rings. The minimum Gasteiger partial charge on any atom is -0.493 e. The fourth-order valence-corrected chi connectivity index (χ4v) is 2.39. The SMILES string of the molecule is CCCCOc1ccccc1C[C@@H](C(=O)O)c1ccccc1. The molecule has 0 aliphatic carbocycles. The number of ether oxygens (including phenoxy) is 1. The first-order valence-corrected chi connectivity index (χ1v) is 7.70. The summed E-state index contributed by atoms with van der Waals surface area (Å²) in [6.07, 6.45) is 2.50. The van der Waals surface area contributed by atoms with Gasteiger partial charge in [-0.1, -0.05) is 61.9 Å². The van der Waals surface area contributed by atoms with Crippen LogP contribution in [0.2, 0.25) is 0 Å². The van der Waals surface area contributed by atoms with Crippen molar-refractivity contribution in [2.45, 2.75) is 32.1 Å². The van der Waals surface area contributed by atoms with Gasteiger partial charge in [-0.05, 0) is 30.0 Å². The van der Waals surface area contributed by atoms with Crippen molar-refractivity contribution in [3.63, 3.8) is 0 Å². The zero-order valence-corrected chi connectivity index (χ0v) is 12.9. The van der Waals surface area contributed by atoms with E-state index < -0.39 is 11.9 Å². The number of carboxylic acids is 1. The molecular weight excluding hydrogens is 276 g/mol. The summed E-state index contributed by atoms with van der Waals surface area (Å²) in [6.45, 7) is 2.78. The first kappa shape index (κ1) is 16.1. The predicted molar refractivity (Wildman–Crippen MR) is 87.4 cm³/mol. The molecule has 0 spiro atoms. The number of para-hydroxylation sites is 1. The molecule has 2 rings (SSSR count). The highest BCUT2D eigenvalue weighted by Gasteiger charge is 2.21. The number of unbranched alkanes of at least 4 members (excludes halogenated alkanes) is 1. The molecule has 0 fully saturated rings. The lowest BCUT2D eigenvalue weighted by Gasteiger charge is -2.16. The number of hydrogen-bond acceptors (Lipinski definition) is 2. The molecule has 0 bridgehead atoms. The van der Waals surface area contributed by atoms with Crippen molar-refractivity contribution in [1.82, 2.24) is 0 Å². The largest absolute Gasteiger partial charge is 0.493 e. The van der Waals surface area contributed by atoms with Crippen molar-refractivity contribution in [3.05, 3.63) is 65.7 Å². The highest BCUT2D eigenvalue weighted by molar-refractivity contribution is 5.76. The third kappa shape index (κ3) is 4.35. The van der Waals surface area contributed by atoms with Crippen LogP contribution >= 0.6 is 0 Å². The fraction of sp³-hybridized carbons (Fsp3) is 0.316. The highest BCUT2D eigenvalue weighted by atomic mass is 16.5. The molecule has 2 aromatic rings. The van der Waals surface area contributed by atoms with Crippen molar-refractivity contribution < 1.29 is 14.6 Å². The Balaban J connectivity index is 2.18. The van der Waals surface area contributed by atoms with E-state index in [1.165, 1.54) is 0 Å². The lowest BCUT2D eigenvalue weighted by atomic mass is 9.92. The third-order valence-electron chi connectivity index (χ3n) is 3.65. The van der Waals surface area contributed by atoms with Gasteiger partial charge in [0.05, 0.1) is 12.5 Å². The van der Waals surface area contributed by atoms with Crippen LogP contribution in [0.3, 0.4) is 0 Å². The molecule has 0 unspecified atom stereocenters. The van der Waals surface area contributed by atoms with Gasteiger partial charge in [0.25, 0.3) is 0 Å². The third-order valence-corrected chi connectivity index (χ3v) is 3.65. The molecule has 22 heavy (non-hydrogen) atoms. The average molecular weight is 298 g/mol. The molecule has 116 valence electrons. The Morgan fingerprint density at radius 1 is 1.09 bits per heavy atom. The van der Waals surface area contributed by atoms with E-state index in [0.717, 1.165) is 29.7 Å². The van der Waals surface area contributed by atoms with Gasteiger partial charge in [-0.2, -0.15) is 0 Å². The number of rotatable bonds is 8. The second-order valence-corrected chi connectivity index (χ2v) is 5.32. The Morgan fingerprint density at radius 2 is 1.77 bits per heavy atom. The second-order valence-electron chi connectivity index (χ2n) is 5.32. The summed E-state index contributed by atoms with van der Waals surface area (Å²) in [5, 5.41) is 9.55. The van der Waals surface area contributed by atoms with Crippen molar-refractivity contribution in [2.75, 3.05) is 6.61 Å². The molecule has 0 heterocycles.